The molecule has 1 aliphatic rings. The highest BCUT2D eigenvalue weighted by atomic mass is 16.5. The molecule has 0 bridgehead atoms. The lowest BCUT2D eigenvalue weighted by Crippen LogP contribution is -1.92. The number of nitrogens with one attached hydrogen (secondary N) is 2. The fourth-order valence-corrected chi connectivity index (χ4v) is 3.87. The van der Waals surface area contributed by atoms with E-state index in [4.69, 9.17) is 9.73 Å². The molecule has 0 radical (unpaired) electrons. The van der Waals surface area contributed by atoms with Crippen molar-refractivity contribution in [2.45, 2.75) is 78.6 Å². The van der Waals surface area contributed by atoms with Gasteiger partial charge in [-0.25, -0.2) is 0 Å². The van der Waals surface area contributed by atoms with Gasteiger partial charge in [0.1, 0.15) is 5.75 Å². The van der Waals surface area contributed by atoms with Crippen molar-refractivity contribution < 1.29 is 4.74 Å². The van der Waals surface area contributed by atoms with Crippen molar-refractivity contribution in [2.75, 3.05) is 6.61 Å². The molecule has 0 aromatic carbocycles. The molecule has 0 spiro atoms. The lowest BCUT2D eigenvalue weighted by Gasteiger charge is -2.02. The van der Waals surface area contributed by atoms with Crippen LogP contribution in [0.5, 0.6) is 5.75 Å². The number of aromatic nitrogens is 2. The summed E-state index contributed by atoms with van der Waals surface area (Å²) < 4.78 is 5.85. The first-order valence-corrected chi connectivity index (χ1v) is 11.7. The zero-order valence-corrected chi connectivity index (χ0v) is 18.9. The smallest absolute Gasteiger partial charge is 0.144 e. The van der Waals surface area contributed by atoms with Crippen molar-refractivity contribution in [3.8, 4) is 17.1 Å². The van der Waals surface area contributed by atoms with E-state index in [1.54, 1.807) is 0 Å². The maximum atomic E-state index is 5.85. The number of rotatable bonds is 13. The van der Waals surface area contributed by atoms with Gasteiger partial charge in [0.25, 0.3) is 0 Å². The molecule has 30 heavy (non-hydrogen) atoms. The summed E-state index contributed by atoms with van der Waals surface area (Å²) in [7, 11) is 0. The van der Waals surface area contributed by atoms with Crippen molar-refractivity contribution in [1.29, 1.82) is 0 Å². The minimum Gasteiger partial charge on any atom is -0.492 e. The average Bonchev–Trinajstić information content (AvgIpc) is 3.46. The van der Waals surface area contributed by atoms with Gasteiger partial charge in [0, 0.05) is 17.5 Å². The summed E-state index contributed by atoms with van der Waals surface area (Å²) in [6.45, 7) is 6.98. The summed E-state index contributed by atoms with van der Waals surface area (Å²) in [4.78, 5) is 11.7. The molecule has 2 aromatic heterocycles. The molecule has 0 unspecified atom stereocenters. The SMILES string of the molecule is CCCCCCCCCCC1=NC(=Cc2[nH]c(-c3ccc(C)[nH]3)cc2OCC)C=C1. The van der Waals surface area contributed by atoms with Crippen molar-refractivity contribution >= 4 is 11.8 Å². The number of hydrogen-bond donors (Lipinski definition) is 2. The highest BCUT2D eigenvalue weighted by Crippen LogP contribution is 2.29. The lowest BCUT2D eigenvalue weighted by molar-refractivity contribution is 0.340. The molecule has 4 heteroatoms. The van der Waals surface area contributed by atoms with Crippen LogP contribution in [0.4, 0.5) is 0 Å². The average molecular weight is 408 g/mol. The molecular formula is C26H37N3O. The van der Waals surface area contributed by atoms with Gasteiger partial charge in [-0.05, 0) is 57.0 Å². The molecule has 0 saturated carbocycles. The number of nitrogens with zero attached hydrogens (tertiary/aromatic N) is 1. The van der Waals surface area contributed by atoms with Gasteiger partial charge < -0.3 is 14.7 Å². The monoisotopic (exact) mass is 407 g/mol. The molecular weight excluding hydrogens is 370 g/mol. The molecule has 0 amide bonds. The number of H-pyrrole nitrogens is 2. The topological polar surface area (TPSA) is 53.2 Å². The molecule has 0 aliphatic carbocycles. The summed E-state index contributed by atoms with van der Waals surface area (Å²) in [6, 6.07) is 6.23. The summed E-state index contributed by atoms with van der Waals surface area (Å²) in [5, 5.41) is 0. The predicted molar refractivity (Wildman–Crippen MR) is 128 cm³/mol. The first kappa shape index (κ1) is 22.2. The normalized spacial score (nSPS) is 14.6. The van der Waals surface area contributed by atoms with Crippen LogP contribution in [0, 0.1) is 6.92 Å². The van der Waals surface area contributed by atoms with Crippen LogP contribution in [0.25, 0.3) is 17.5 Å². The zero-order valence-electron chi connectivity index (χ0n) is 18.9. The van der Waals surface area contributed by atoms with Crippen molar-refractivity contribution in [2.24, 2.45) is 4.99 Å². The number of ether oxygens (including phenoxy) is 1. The van der Waals surface area contributed by atoms with Gasteiger partial charge in [-0.3, -0.25) is 4.99 Å². The number of aromatic amines is 2. The van der Waals surface area contributed by atoms with Gasteiger partial charge in [0.2, 0.25) is 0 Å². The van der Waals surface area contributed by atoms with Crippen molar-refractivity contribution in [3.05, 3.63) is 47.4 Å². The van der Waals surface area contributed by atoms with E-state index in [9.17, 15) is 0 Å². The molecule has 0 fully saturated rings. The minimum atomic E-state index is 0.639. The van der Waals surface area contributed by atoms with E-state index < -0.39 is 0 Å². The van der Waals surface area contributed by atoms with E-state index in [0.29, 0.717) is 6.61 Å². The van der Waals surface area contributed by atoms with E-state index in [0.717, 1.165) is 40.6 Å². The van der Waals surface area contributed by atoms with Crippen LogP contribution in [0.1, 0.15) is 83.0 Å². The Bertz CT molecular complexity index is 882. The number of aryl methyl sites for hydroxylation is 1. The van der Waals surface area contributed by atoms with E-state index in [2.05, 4.69) is 60.2 Å². The molecule has 1 aliphatic heterocycles. The fraction of sp³-hybridized carbons (Fsp3) is 0.500. The van der Waals surface area contributed by atoms with Gasteiger partial charge in [-0.15, -0.1) is 0 Å². The van der Waals surface area contributed by atoms with Crippen LogP contribution in [-0.4, -0.2) is 22.3 Å². The Labute approximate surface area is 181 Å². The minimum absolute atomic E-state index is 0.639. The van der Waals surface area contributed by atoms with E-state index >= 15 is 0 Å². The second kappa shape index (κ2) is 11.6. The van der Waals surface area contributed by atoms with Crippen LogP contribution < -0.4 is 4.74 Å². The molecule has 3 heterocycles. The second-order valence-electron chi connectivity index (χ2n) is 8.18. The summed E-state index contributed by atoms with van der Waals surface area (Å²) in [5.41, 5.74) is 6.39. The molecule has 162 valence electrons. The van der Waals surface area contributed by atoms with Crippen molar-refractivity contribution in [3.63, 3.8) is 0 Å². The van der Waals surface area contributed by atoms with Crippen molar-refractivity contribution in [1.82, 2.24) is 9.97 Å². The standard InChI is InChI=1S/C26H37N3O/c1-4-6-7-8-9-10-11-12-13-21-15-16-22(28-21)18-25-26(30-5-2)19-24(29-25)23-17-14-20(3)27-23/h14-19,27,29H,4-13H2,1-3H3. The van der Waals surface area contributed by atoms with Gasteiger partial charge in [0.05, 0.1) is 29.4 Å². The third-order valence-electron chi connectivity index (χ3n) is 5.53. The van der Waals surface area contributed by atoms with Crippen LogP contribution >= 0.6 is 0 Å². The van der Waals surface area contributed by atoms with Gasteiger partial charge in [0.15, 0.2) is 0 Å². The Morgan fingerprint density at radius 1 is 0.900 bits per heavy atom. The van der Waals surface area contributed by atoms with E-state index in [-0.39, 0.29) is 0 Å². The highest BCUT2D eigenvalue weighted by molar-refractivity contribution is 5.99. The van der Waals surface area contributed by atoms with Crippen LogP contribution in [0.15, 0.2) is 41.0 Å². The fourth-order valence-electron chi connectivity index (χ4n) is 3.87. The number of aliphatic imine (C=N–C) groups is 1. The summed E-state index contributed by atoms with van der Waals surface area (Å²) in [5.74, 6) is 0.868. The molecule has 4 nitrogen and oxygen atoms in total. The maximum Gasteiger partial charge on any atom is 0.144 e. The first-order valence-electron chi connectivity index (χ1n) is 11.7. The van der Waals surface area contributed by atoms with Gasteiger partial charge in [-0.1, -0.05) is 51.9 Å². The largest absolute Gasteiger partial charge is 0.492 e. The van der Waals surface area contributed by atoms with Crippen LogP contribution in [-0.2, 0) is 0 Å². The highest BCUT2D eigenvalue weighted by Gasteiger charge is 2.12. The molecule has 2 aromatic rings. The van der Waals surface area contributed by atoms with Crippen LogP contribution in [0.3, 0.4) is 0 Å². The quantitative estimate of drug-likeness (QED) is 0.330. The van der Waals surface area contributed by atoms with Gasteiger partial charge in [-0.2, -0.15) is 0 Å². The number of unbranched alkanes of at least 4 members (excludes halogenated alkanes) is 7. The van der Waals surface area contributed by atoms with E-state index in [1.165, 1.54) is 57.1 Å². The van der Waals surface area contributed by atoms with E-state index in [1.807, 2.05) is 6.92 Å². The third kappa shape index (κ3) is 6.51. The molecule has 3 rings (SSSR count). The second-order valence-corrected chi connectivity index (χ2v) is 8.18. The summed E-state index contributed by atoms with van der Waals surface area (Å²) in [6.07, 6.45) is 18.2. The number of hydrogen-bond acceptors (Lipinski definition) is 2. The first-order chi connectivity index (χ1) is 14.7. The lowest BCUT2D eigenvalue weighted by atomic mass is 10.1. The Balaban J connectivity index is 1.55. The zero-order chi connectivity index (χ0) is 21.2. The Morgan fingerprint density at radius 3 is 2.37 bits per heavy atom. The Kier molecular flexibility index (Phi) is 8.61. The van der Waals surface area contributed by atoms with Crippen LogP contribution in [0.2, 0.25) is 0 Å². The predicted octanol–water partition coefficient (Wildman–Crippen LogP) is 7.60. The maximum absolute atomic E-state index is 5.85. The third-order valence-corrected chi connectivity index (χ3v) is 5.53. The summed E-state index contributed by atoms with van der Waals surface area (Å²) >= 11 is 0. The molecule has 0 saturated heterocycles. The Hall–Kier alpha value is -2.49. The molecule has 2 N–H and O–H groups in total. The Morgan fingerprint density at radius 2 is 1.67 bits per heavy atom. The van der Waals surface area contributed by atoms with Gasteiger partial charge >= 0.3 is 0 Å². The number of allylic oxidation sites excluding steroid dienone is 2. The molecule has 0 atom stereocenters.